The van der Waals surface area contributed by atoms with Crippen molar-refractivity contribution in [3.05, 3.63) is 29.8 Å². The zero-order valence-electron chi connectivity index (χ0n) is 11.6. The van der Waals surface area contributed by atoms with Crippen molar-refractivity contribution >= 4 is 11.6 Å². The van der Waals surface area contributed by atoms with Crippen LogP contribution in [-0.4, -0.2) is 36.6 Å². The summed E-state index contributed by atoms with van der Waals surface area (Å²) in [5.41, 5.74) is 0.980. The number of alkyl halides is 3. The largest absolute Gasteiger partial charge is 0.401 e. The van der Waals surface area contributed by atoms with Gasteiger partial charge in [-0.25, -0.2) is 0 Å². The number of halogens is 3. The van der Waals surface area contributed by atoms with E-state index in [1.807, 2.05) is 6.07 Å². The SMILES string of the molecule is CCN(CCC(=O)Nc1ccc(C#N)cc1)CC(F)(F)F. The molecule has 1 amide bonds. The maximum Gasteiger partial charge on any atom is 0.401 e. The van der Waals surface area contributed by atoms with Crippen molar-refractivity contribution in [3.63, 3.8) is 0 Å². The normalized spacial score (nSPS) is 11.2. The number of nitrogens with one attached hydrogen (secondary N) is 1. The van der Waals surface area contributed by atoms with E-state index >= 15 is 0 Å². The first kappa shape index (κ1) is 17.0. The van der Waals surface area contributed by atoms with E-state index in [1.165, 1.54) is 4.90 Å². The van der Waals surface area contributed by atoms with E-state index in [1.54, 1.807) is 31.2 Å². The Morgan fingerprint density at radius 1 is 1.33 bits per heavy atom. The number of rotatable bonds is 6. The van der Waals surface area contributed by atoms with E-state index in [0.717, 1.165) is 0 Å². The molecule has 1 aromatic rings. The second-order valence-electron chi connectivity index (χ2n) is 4.47. The van der Waals surface area contributed by atoms with Crippen LogP contribution in [0.1, 0.15) is 18.9 Å². The molecular weight excluding hydrogens is 283 g/mol. The first-order valence-corrected chi connectivity index (χ1v) is 6.43. The number of nitrogens with zero attached hydrogens (tertiary/aromatic N) is 2. The van der Waals surface area contributed by atoms with E-state index < -0.39 is 12.7 Å². The molecule has 1 rings (SSSR count). The summed E-state index contributed by atoms with van der Waals surface area (Å²) in [5.74, 6) is -0.361. The van der Waals surface area contributed by atoms with E-state index in [4.69, 9.17) is 5.26 Å². The lowest BCUT2D eigenvalue weighted by Gasteiger charge is -2.21. The molecule has 0 fully saturated rings. The van der Waals surface area contributed by atoms with E-state index in [9.17, 15) is 18.0 Å². The molecule has 0 saturated heterocycles. The number of hydrogen-bond donors (Lipinski definition) is 1. The predicted octanol–water partition coefficient (Wildman–Crippen LogP) is 2.77. The third-order valence-electron chi connectivity index (χ3n) is 2.80. The molecule has 1 N–H and O–H groups in total. The minimum atomic E-state index is -4.26. The Morgan fingerprint density at radius 3 is 2.43 bits per heavy atom. The fraction of sp³-hybridized carbons (Fsp3) is 0.429. The standard InChI is InChI=1S/C14H16F3N3O/c1-2-20(10-14(15,16)17)8-7-13(21)19-12-5-3-11(9-18)4-6-12/h3-6H,2,7-8,10H2,1H3,(H,19,21). The Bertz CT molecular complexity index is 506. The molecule has 0 spiro atoms. The molecule has 0 aliphatic carbocycles. The monoisotopic (exact) mass is 299 g/mol. The smallest absolute Gasteiger partial charge is 0.326 e. The Balaban J connectivity index is 2.44. The molecule has 7 heteroatoms. The lowest BCUT2D eigenvalue weighted by molar-refractivity contribution is -0.146. The molecule has 114 valence electrons. The zero-order chi connectivity index (χ0) is 15.9. The fourth-order valence-corrected chi connectivity index (χ4v) is 1.71. The third kappa shape index (κ3) is 6.77. The molecule has 0 saturated carbocycles. The molecule has 0 aromatic heterocycles. The Kier molecular flexibility index (Phi) is 6.18. The minimum absolute atomic E-state index is 0.0239. The lowest BCUT2D eigenvalue weighted by atomic mass is 10.2. The number of amides is 1. The van der Waals surface area contributed by atoms with Crippen LogP contribution in [0.4, 0.5) is 18.9 Å². The van der Waals surface area contributed by atoms with E-state index in [-0.39, 0.29) is 25.4 Å². The van der Waals surface area contributed by atoms with Gasteiger partial charge in [-0.2, -0.15) is 18.4 Å². The summed E-state index contributed by atoms with van der Waals surface area (Å²) in [6, 6.07) is 8.20. The fourth-order valence-electron chi connectivity index (χ4n) is 1.71. The molecule has 0 aliphatic rings. The van der Waals surface area contributed by atoms with Crippen LogP contribution in [0.2, 0.25) is 0 Å². The second-order valence-corrected chi connectivity index (χ2v) is 4.47. The van der Waals surface area contributed by atoms with Gasteiger partial charge in [0, 0.05) is 18.7 Å². The van der Waals surface area contributed by atoms with Gasteiger partial charge in [0.15, 0.2) is 0 Å². The maximum absolute atomic E-state index is 12.3. The van der Waals surface area contributed by atoms with Crippen LogP contribution in [0, 0.1) is 11.3 Å². The van der Waals surface area contributed by atoms with Crippen LogP contribution in [0.25, 0.3) is 0 Å². The highest BCUT2D eigenvalue weighted by atomic mass is 19.4. The van der Waals surface area contributed by atoms with Crippen molar-refractivity contribution in [3.8, 4) is 6.07 Å². The molecule has 0 heterocycles. The highest BCUT2D eigenvalue weighted by Gasteiger charge is 2.30. The molecule has 0 unspecified atom stereocenters. The highest BCUT2D eigenvalue weighted by Crippen LogP contribution is 2.16. The van der Waals surface area contributed by atoms with Gasteiger partial charge in [0.25, 0.3) is 0 Å². The van der Waals surface area contributed by atoms with Gasteiger partial charge in [0.2, 0.25) is 5.91 Å². The minimum Gasteiger partial charge on any atom is -0.326 e. The second kappa shape index (κ2) is 7.64. The van der Waals surface area contributed by atoms with Crippen molar-refractivity contribution < 1.29 is 18.0 Å². The molecule has 0 aliphatic heterocycles. The summed E-state index contributed by atoms with van der Waals surface area (Å²) in [6.45, 7) is 0.861. The Labute approximate surface area is 121 Å². The van der Waals surface area contributed by atoms with Crippen molar-refractivity contribution in [2.24, 2.45) is 0 Å². The molecule has 0 bridgehead atoms. The zero-order valence-corrected chi connectivity index (χ0v) is 11.6. The number of nitriles is 1. The van der Waals surface area contributed by atoms with E-state index in [2.05, 4.69) is 5.32 Å². The van der Waals surface area contributed by atoms with Gasteiger partial charge >= 0.3 is 6.18 Å². The first-order valence-electron chi connectivity index (χ1n) is 6.43. The lowest BCUT2D eigenvalue weighted by Crippen LogP contribution is -2.36. The third-order valence-corrected chi connectivity index (χ3v) is 2.80. The summed E-state index contributed by atoms with van der Waals surface area (Å²) in [4.78, 5) is 12.8. The van der Waals surface area contributed by atoms with E-state index in [0.29, 0.717) is 11.3 Å². The van der Waals surface area contributed by atoms with Gasteiger partial charge in [0.05, 0.1) is 18.2 Å². The Hall–Kier alpha value is -2.07. The van der Waals surface area contributed by atoms with Gasteiger partial charge < -0.3 is 5.32 Å². The van der Waals surface area contributed by atoms with Crippen LogP contribution in [0.3, 0.4) is 0 Å². The predicted molar refractivity (Wildman–Crippen MR) is 72.6 cm³/mol. The van der Waals surface area contributed by atoms with Gasteiger partial charge in [-0.1, -0.05) is 6.92 Å². The summed E-state index contributed by atoms with van der Waals surface area (Å²) in [5, 5.41) is 11.2. The van der Waals surface area contributed by atoms with Crippen molar-refractivity contribution in [1.82, 2.24) is 4.90 Å². The van der Waals surface area contributed by atoms with Gasteiger partial charge in [0.1, 0.15) is 0 Å². The average Bonchev–Trinajstić information content (AvgIpc) is 2.43. The number of anilines is 1. The van der Waals surface area contributed by atoms with Crippen LogP contribution < -0.4 is 5.32 Å². The van der Waals surface area contributed by atoms with Crippen molar-refractivity contribution in [2.75, 3.05) is 25.0 Å². The first-order chi connectivity index (χ1) is 9.84. The number of carbonyl (C=O) groups excluding carboxylic acids is 1. The van der Waals surface area contributed by atoms with Crippen LogP contribution in [0.15, 0.2) is 24.3 Å². The number of benzene rings is 1. The average molecular weight is 299 g/mol. The molecule has 1 aromatic carbocycles. The summed E-state index contributed by atoms with van der Waals surface area (Å²) in [6.07, 6.45) is -4.29. The molecule has 21 heavy (non-hydrogen) atoms. The number of hydrogen-bond acceptors (Lipinski definition) is 3. The quantitative estimate of drug-likeness (QED) is 0.878. The molecule has 0 radical (unpaired) electrons. The van der Waals surface area contributed by atoms with Gasteiger partial charge in [-0.05, 0) is 30.8 Å². The van der Waals surface area contributed by atoms with Crippen LogP contribution in [0.5, 0.6) is 0 Å². The van der Waals surface area contributed by atoms with Crippen molar-refractivity contribution in [1.29, 1.82) is 5.26 Å². The molecule has 4 nitrogen and oxygen atoms in total. The van der Waals surface area contributed by atoms with Crippen molar-refractivity contribution in [2.45, 2.75) is 19.5 Å². The van der Waals surface area contributed by atoms with Crippen LogP contribution in [-0.2, 0) is 4.79 Å². The highest BCUT2D eigenvalue weighted by molar-refractivity contribution is 5.90. The maximum atomic E-state index is 12.3. The topological polar surface area (TPSA) is 56.1 Å². The molecule has 0 atom stereocenters. The van der Waals surface area contributed by atoms with Crippen LogP contribution >= 0.6 is 0 Å². The molecular formula is C14H16F3N3O. The van der Waals surface area contributed by atoms with Gasteiger partial charge in [-0.15, -0.1) is 0 Å². The summed E-state index contributed by atoms with van der Waals surface area (Å²) >= 11 is 0. The van der Waals surface area contributed by atoms with Gasteiger partial charge in [-0.3, -0.25) is 9.69 Å². The summed E-state index contributed by atoms with van der Waals surface area (Å²) in [7, 11) is 0. The number of carbonyl (C=O) groups is 1. The summed E-state index contributed by atoms with van der Waals surface area (Å²) < 4.78 is 36.8. The Morgan fingerprint density at radius 2 is 1.95 bits per heavy atom.